The van der Waals surface area contributed by atoms with Gasteiger partial charge in [-0.15, -0.1) is 0 Å². The topological polar surface area (TPSA) is 26.3 Å². The molecule has 20 heavy (non-hydrogen) atoms. The van der Waals surface area contributed by atoms with Crippen molar-refractivity contribution in [1.29, 1.82) is 0 Å². The predicted octanol–water partition coefficient (Wildman–Crippen LogP) is 4.47. The van der Waals surface area contributed by atoms with E-state index < -0.39 is 0 Å². The molecule has 0 aliphatic rings. The largest absolute Gasteiger partial charge is 0.490 e. The summed E-state index contributed by atoms with van der Waals surface area (Å²) in [5.74, 6) is 0.656. The summed E-state index contributed by atoms with van der Waals surface area (Å²) in [4.78, 5) is 10.9. The SMILES string of the molecule is CC(=O)CCCCc1cc(C)cc(OCC(C)C)c1F. The van der Waals surface area contributed by atoms with E-state index in [0.717, 1.165) is 18.4 Å². The lowest BCUT2D eigenvalue weighted by atomic mass is 10.0. The van der Waals surface area contributed by atoms with Gasteiger partial charge in [-0.3, -0.25) is 0 Å². The number of aryl methyl sites for hydroxylation is 2. The maximum atomic E-state index is 14.3. The first-order valence-corrected chi connectivity index (χ1v) is 7.31. The van der Waals surface area contributed by atoms with Gasteiger partial charge in [-0.1, -0.05) is 19.9 Å². The number of Topliss-reactive ketones (excluding diaryl/α,β-unsaturated/α-hetero) is 1. The zero-order chi connectivity index (χ0) is 15.1. The fourth-order valence-electron chi connectivity index (χ4n) is 2.04. The van der Waals surface area contributed by atoms with E-state index in [-0.39, 0.29) is 11.6 Å². The Morgan fingerprint density at radius 3 is 2.60 bits per heavy atom. The van der Waals surface area contributed by atoms with Crippen LogP contribution >= 0.6 is 0 Å². The summed E-state index contributed by atoms with van der Waals surface area (Å²) < 4.78 is 19.8. The third-order valence-corrected chi connectivity index (χ3v) is 3.06. The van der Waals surface area contributed by atoms with Crippen molar-refractivity contribution in [3.63, 3.8) is 0 Å². The van der Waals surface area contributed by atoms with E-state index in [2.05, 4.69) is 0 Å². The van der Waals surface area contributed by atoms with Gasteiger partial charge >= 0.3 is 0 Å². The van der Waals surface area contributed by atoms with Crippen LogP contribution in [0.2, 0.25) is 0 Å². The van der Waals surface area contributed by atoms with Gasteiger partial charge in [0.1, 0.15) is 5.78 Å². The Balaban J connectivity index is 2.68. The maximum Gasteiger partial charge on any atom is 0.168 e. The second kappa shape index (κ2) is 8.03. The number of carbonyl (C=O) groups is 1. The molecule has 0 unspecified atom stereocenters. The van der Waals surface area contributed by atoms with Crippen LogP contribution in [0.25, 0.3) is 0 Å². The van der Waals surface area contributed by atoms with E-state index in [1.807, 2.05) is 26.8 Å². The Kier molecular flexibility index (Phi) is 6.69. The summed E-state index contributed by atoms with van der Waals surface area (Å²) in [6, 6.07) is 3.61. The lowest BCUT2D eigenvalue weighted by molar-refractivity contribution is -0.117. The molecule has 0 aromatic heterocycles. The second-order valence-electron chi connectivity index (χ2n) is 5.85. The highest BCUT2D eigenvalue weighted by molar-refractivity contribution is 5.75. The highest BCUT2D eigenvalue weighted by Gasteiger charge is 2.11. The van der Waals surface area contributed by atoms with Crippen molar-refractivity contribution in [3.8, 4) is 5.75 Å². The van der Waals surface area contributed by atoms with E-state index in [0.29, 0.717) is 36.7 Å². The van der Waals surface area contributed by atoms with Gasteiger partial charge in [-0.25, -0.2) is 4.39 Å². The van der Waals surface area contributed by atoms with Crippen LogP contribution in [-0.2, 0) is 11.2 Å². The Morgan fingerprint density at radius 2 is 2.00 bits per heavy atom. The summed E-state index contributed by atoms with van der Waals surface area (Å²) in [6.07, 6.45) is 2.86. The van der Waals surface area contributed by atoms with E-state index in [1.54, 1.807) is 13.0 Å². The van der Waals surface area contributed by atoms with Crippen LogP contribution in [-0.4, -0.2) is 12.4 Å². The zero-order valence-electron chi connectivity index (χ0n) is 13.0. The molecular weight excluding hydrogens is 255 g/mol. The molecule has 0 aliphatic heterocycles. The molecule has 0 spiro atoms. The van der Waals surface area contributed by atoms with Crippen molar-refractivity contribution < 1.29 is 13.9 Å². The molecule has 0 saturated carbocycles. The third-order valence-electron chi connectivity index (χ3n) is 3.06. The number of ketones is 1. The summed E-state index contributed by atoms with van der Waals surface area (Å²) >= 11 is 0. The fourth-order valence-corrected chi connectivity index (χ4v) is 2.04. The number of ether oxygens (including phenoxy) is 1. The van der Waals surface area contributed by atoms with E-state index in [9.17, 15) is 9.18 Å². The standard InChI is InChI=1S/C17H25FO2/c1-12(2)11-20-16-10-13(3)9-15(17(16)18)8-6-5-7-14(4)19/h9-10,12H,5-8,11H2,1-4H3. The zero-order valence-corrected chi connectivity index (χ0v) is 13.0. The first kappa shape index (κ1) is 16.7. The second-order valence-corrected chi connectivity index (χ2v) is 5.85. The van der Waals surface area contributed by atoms with Crippen molar-refractivity contribution in [2.75, 3.05) is 6.61 Å². The van der Waals surface area contributed by atoms with Crippen molar-refractivity contribution in [3.05, 3.63) is 29.1 Å². The van der Waals surface area contributed by atoms with Crippen molar-refractivity contribution >= 4 is 5.78 Å². The van der Waals surface area contributed by atoms with Crippen molar-refractivity contribution in [2.24, 2.45) is 5.92 Å². The molecule has 0 fully saturated rings. The van der Waals surface area contributed by atoms with Gasteiger partial charge < -0.3 is 9.53 Å². The highest BCUT2D eigenvalue weighted by Crippen LogP contribution is 2.25. The molecule has 0 saturated heterocycles. The summed E-state index contributed by atoms with van der Waals surface area (Å²) in [6.45, 7) is 8.13. The molecular formula is C17H25FO2. The van der Waals surface area contributed by atoms with Crippen LogP contribution in [0.4, 0.5) is 4.39 Å². The quantitative estimate of drug-likeness (QED) is 0.657. The molecule has 1 aromatic carbocycles. The maximum absolute atomic E-state index is 14.3. The number of unbranched alkanes of at least 4 members (excludes halogenated alkanes) is 1. The normalized spacial score (nSPS) is 10.9. The van der Waals surface area contributed by atoms with Gasteiger partial charge in [0.25, 0.3) is 0 Å². The van der Waals surface area contributed by atoms with Crippen LogP contribution in [0.15, 0.2) is 12.1 Å². The summed E-state index contributed by atoms with van der Waals surface area (Å²) in [5, 5.41) is 0. The van der Waals surface area contributed by atoms with Gasteiger partial charge in [-0.05, 0) is 56.2 Å². The number of hydrogen-bond acceptors (Lipinski definition) is 2. The lowest BCUT2D eigenvalue weighted by Crippen LogP contribution is -2.07. The minimum absolute atomic E-state index is 0.190. The van der Waals surface area contributed by atoms with Gasteiger partial charge in [0.05, 0.1) is 6.61 Å². The Labute approximate surface area is 121 Å². The van der Waals surface area contributed by atoms with Gasteiger partial charge in [0.2, 0.25) is 0 Å². The van der Waals surface area contributed by atoms with Crippen molar-refractivity contribution in [2.45, 2.75) is 53.4 Å². The minimum atomic E-state index is -0.251. The van der Waals surface area contributed by atoms with Gasteiger partial charge in [0, 0.05) is 6.42 Å². The van der Waals surface area contributed by atoms with E-state index >= 15 is 0 Å². The van der Waals surface area contributed by atoms with Crippen molar-refractivity contribution in [1.82, 2.24) is 0 Å². The smallest absolute Gasteiger partial charge is 0.168 e. The molecule has 112 valence electrons. The summed E-state index contributed by atoms with van der Waals surface area (Å²) in [5.41, 5.74) is 1.69. The average Bonchev–Trinajstić information content (AvgIpc) is 2.35. The first-order valence-electron chi connectivity index (χ1n) is 7.31. The van der Waals surface area contributed by atoms with Crippen LogP contribution in [0, 0.1) is 18.7 Å². The number of carbonyl (C=O) groups excluding carboxylic acids is 1. The Bertz CT molecular complexity index is 453. The molecule has 2 nitrogen and oxygen atoms in total. The van der Waals surface area contributed by atoms with Gasteiger partial charge in [0.15, 0.2) is 11.6 Å². The van der Waals surface area contributed by atoms with Crippen LogP contribution in [0.1, 0.15) is 51.2 Å². The van der Waals surface area contributed by atoms with Crippen LogP contribution < -0.4 is 4.74 Å². The number of rotatable bonds is 8. The number of hydrogen-bond donors (Lipinski definition) is 0. The highest BCUT2D eigenvalue weighted by atomic mass is 19.1. The molecule has 0 aliphatic carbocycles. The van der Waals surface area contributed by atoms with Crippen LogP contribution in [0.3, 0.4) is 0 Å². The molecule has 0 N–H and O–H groups in total. The fraction of sp³-hybridized carbons (Fsp3) is 0.588. The molecule has 3 heteroatoms. The first-order chi connectivity index (χ1) is 9.40. The molecule has 0 radical (unpaired) electrons. The average molecular weight is 280 g/mol. The Hall–Kier alpha value is -1.38. The molecule has 0 bridgehead atoms. The summed E-state index contributed by atoms with van der Waals surface area (Å²) in [7, 11) is 0. The van der Waals surface area contributed by atoms with E-state index in [4.69, 9.17) is 4.74 Å². The molecule has 0 amide bonds. The lowest BCUT2D eigenvalue weighted by Gasteiger charge is -2.13. The molecule has 1 aromatic rings. The third kappa shape index (κ3) is 5.72. The number of benzene rings is 1. The number of halogens is 1. The monoisotopic (exact) mass is 280 g/mol. The Morgan fingerprint density at radius 1 is 1.30 bits per heavy atom. The minimum Gasteiger partial charge on any atom is -0.490 e. The molecule has 0 heterocycles. The van der Waals surface area contributed by atoms with Crippen LogP contribution in [0.5, 0.6) is 5.75 Å². The van der Waals surface area contributed by atoms with Gasteiger partial charge in [-0.2, -0.15) is 0 Å². The predicted molar refractivity (Wildman–Crippen MR) is 79.7 cm³/mol. The molecule has 0 atom stereocenters. The van der Waals surface area contributed by atoms with E-state index in [1.165, 1.54) is 0 Å². The molecule has 1 rings (SSSR count).